The maximum absolute atomic E-state index is 12.9. The molecule has 140 valence electrons. The third-order valence-electron chi connectivity index (χ3n) is 4.00. The number of ketones is 1. The van der Waals surface area contributed by atoms with Crippen LogP contribution in [0.25, 0.3) is 0 Å². The van der Waals surface area contributed by atoms with Gasteiger partial charge in [-0.1, -0.05) is 48.5 Å². The molecule has 1 aliphatic rings. The molecule has 0 fully saturated rings. The van der Waals surface area contributed by atoms with Gasteiger partial charge in [-0.05, 0) is 19.1 Å². The van der Waals surface area contributed by atoms with E-state index in [9.17, 15) is 18.0 Å². The number of carbonyl (C=O) groups is 2. The van der Waals surface area contributed by atoms with E-state index in [2.05, 4.69) is 4.72 Å². The summed E-state index contributed by atoms with van der Waals surface area (Å²) in [4.78, 5) is 24.3. The van der Waals surface area contributed by atoms with E-state index in [0.717, 1.165) is 6.92 Å². The molecule has 1 aliphatic heterocycles. The van der Waals surface area contributed by atoms with Crippen LogP contribution < -0.4 is 4.72 Å². The summed E-state index contributed by atoms with van der Waals surface area (Å²) in [6, 6.07) is 16.1. The number of esters is 1. The smallest absolute Gasteiger partial charge is 0.308 e. The molecule has 0 radical (unpaired) electrons. The van der Waals surface area contributed by atoms with E-state index >= 15 is 0 Å². The molecule has 0 amide bonds. The van der Waals surface area contributed by atoms with Crippen LogP contribution >= 0.6 is 0 Å². The minimum atomic E-state index is -4.04. The van der Waals surface area contributed by atoms with Crippen LogP contribution in [-0.2, 0) is 34.7 Å². The summed E-state index contributed by atoms with van der Waals surface area (Å²) in [5.41, 5.74) is -1.03. The lowest BCUT2D eigenvalue weighted by molar-refractivity contribution is -0.142. The van der Waals surface area contributed by atoms with Crippen molar-refractivity contribution in [1.29, 1.82) is 0 Å². The van der Waals surface area contributed by atoms with Crippen molar-refractivity contribution in [3.8, 4) is 0 Å². The number of nitrogens with one attached hydrogen (secondary N) is 1. The maximum atomic E-state index is 12.9. The Labute approximate surface area is 156 Å². The van der Waals surface area contributed by atoms with E-state index in [1.165, 1.54) is 19.1 Å². The topological polar surface area (TPSA) is 98.8 Å². The summed E-state index contributed by atoms with van der Waals surface area (Å²) in [7, 11) is -4.04. The fourth-order valence-electron chi connectivity index (χ4n) is 2.65. The number of sulfonamides is 1. The van der Waals surface area contributed by atoms with Gasteiger partial charge in [-0.3, -0.25) is 9.59 Å². The van der Waals surface area contributed by atoms with E-state index in [4.69, 9.17) is 9.47 Å². The molecule has 1 heterocycles. The molecule has 2 aromatic carbocycles. The fraction of sp³-hybridized carbons (Fsp3) is 0.158. The minimum absolute atomic E-state index is 0.0240. The van der Waals surface area contributed by atoms with Crippen LogP contribution in [0, 0.1) is 0 Å². The summed E-state index contributed by atoms with van der Waals surface area (Å²) >= 11 is 0. The van der Waals surface area contributed by atoms with Gasteiger partial charge in [-0.15, -0.1) is 0 Å². The molecular weight excluding hydrogens is 370 g/mol. The molecule has 0 saturated carbocycles. The molecule has 7 nitrogen and oxygen atoms in total. The molecule has 1 atom stereocenters. The Bertz CT molecular complexity index is 1010. The first-order valence-electron chi connectivity index (χ1n) is 8.04. The molecule has 0 aromatic heterocycles. The first kappa shape index (κ1) is 18.7. The largest absolute Gasteiger partial charge is 0.456 e. The van der Waals surface area contributed by atoms with Gasteiger partial charge in [0.1, 0.15) is 0 Å². The highest BCUT2D eigenvalue weighted by Gasteiger charge is 2.50. The van der Waals surface area contributed by atoms with Crippen LogP contribution in [0.3, 0.4) is 0 Å². The number of benzene rings is 2. The van der Waals surface area contributed by atoms with E-state index < -0.39 is 39.0 Å². The van der Waals surface area contributed by atoms with Crippen molar-refractivity contribution in [3.05, 3.63) is 77.9 Å². The lowest BCUT2D eigenvalue weighted by Gasteiger charge is -2.23. The van der Waals surface area contributed by atoms with Gasteiger partial charge in [-0.25, -0.2) is 13.1 Å². The number of rotatable bonds is 5. The lowest BCUT2D eigenvalue weighted by Crippen LogP contribution is -2.32. The summed E-state index contributed by atoms with van der Waals surface area (Å²) < 4.78 is 38.1. The first-order valence-corrected chi connectivity index (χ1v) is 9.52. The minimum Gasteiger partial charge on any atom is -0.456 e. The highest BCUT2D eigenvalue weighted by atomic mass is 32.2. The second-order valence-corrected chi connectivity index (χ2v) is 7.68. The van der Waals surface area contributed by atoms with E-state index in [0.29, 0.717) is 5.56 Å². The van der Waals surface area contributed by atoms with Gasteiger partial charge in [0, 0.05) is 12.5 Å². The maximum Gasteiger partial charge on any atom is 0.308 e. The van der Waals surface area contributed by atoms with Crippen LogP contribution in [0.1, 0.15) is 19.4 Å². The van der Waals surface area contributed by atoms with Crippen LogP contribution in [-0.4, -0.2) is 20.2 Å². The molecule has 1 N–H and O–H groups in total. The molecule has 27 heavy (non-hydrogen) atoms. The second kappa shape index (κ2) is 6.88. The molecule has 0 bridgehead atoms. The highest BCUT2D eigenvalue weighted by molar-refractivity contribution is 7.89. The Morgan fingerprint density at radius 2 is 1.59 bits per heavy atom. The van der Waals surface area contributed by atoms with Gasteiger partial charge < -0.3 is 9.47 Å². The summed E-state index contributed by atoms with van der Waals surface area (Å²) in [5, 5.41) is 0. The van der Waals surface area contributed by atoms with Crippen molar-refractivity contribution in [2.75, 3.05) is 0 Å². The van der Waals surface area contributed by atoms with Gasteiger partial charge >= 0.3 is 5.97 Å². The zero-order valence-electron chi connectivity index (χ0n) is 14.6. The van der Waals surface area contributed by atoms with Gasteiger partial charge in [0.2, 0.25) is 5.76 Å². The number of ether oxygens (including phenoxy) is 2. The normalized spacial score (nSPS) is 19.6. The number of hydrogen-bond acceptors (Lipinski definition) is 6. The van der Waals surface area contributed by atoms with Crippen LogP contribution in [0.2, 0.25) is 0 Å². The van der Waals surface area contributed by atoms with E-state index in [1.807, 2.05) is 0 Å². The fourth-order valence-corrected chi connectivity index (χ4v) is 3.66. The van der Waals surface area contributed by atoms with Gasteiger partial charge in [0.05, 0.1) is 4.90 Å². The lowest BCUT2D eigenvalue weighted by atomic mass is 9.92. The Kier molecular flexibility index (Phi) is 4.75. The average molecular weight is 387 g/mol. The third kappa shape index (κ3) is 3.56. The molecule has 0 aliphatic carbocycles. The van der Waals surface area contributed by atoms with Crippen molar-refractivity contribution >= 4 is 21.8 Å². The Hall–Kier alpha value is -3.13. The Balaban J connectivity index is 2.01. The van der Waals surface area contributed by atoms with Gasteiger partial charge in [0.15, 0.2) is 5.60 Å². The van der Waals surface area contributed by atoms with Gasteiger partial charge in [0.25, 0.3) is 21.7 Å². The molecule has 0 saturated heterocycles. The van der Waals surface area contributed by atoms with Crippen molar-refractivity contribution in [2.45, 2.75) is 24.3 Å². The summed E-state index contributed by atoms with van der Waals surface area (Å²) in [6.07, 6.45) is 0. The molecule has 8 heteroatoms. The first-order chi connectivity index (χ1) is 12.7. The van der Waals surface area contributed by atoms with Crippen LogP contribution in [0.15, 0.2) is 77.2 Å². The van der Waals surface area contributed by atoms with Crippen molar-refractivity contribution < 1.29 is 27.5 Å². The summed E-state index contributed by atoms with van der Waals surface area (Å²) in [6.45, 7) is 2.60. The van der Waals surface area contributed by atoms with E-state index in [-0.39, 0.29) is 4.90 Å². The quantitative estimate of drug-likeness (QED) is 0.790. The molecule has 3 rings (SSSR count). The molecule has 2 aromatic rings. The zero-order valence-corrected chi connectivity index (χ0v) is 15.4. The summed E-state index contributed by atoms with van der Waals surface area (Å²) in [5.74, 6) is -2.33. The zero-order chi connectivity index (χ0) is 19.7. The van der Waals surface area contributed by atoms with Crippen LogP contribution in [0.5, 0.6) is 0 Å². The molecular formula is C19H17NO6S. The number of carbonyl (C=O) groups excluding carboxylic acids is 2. The average Bonchev–Trinajstić information content (AvgIpc) is 2.88. The highest BCUT2D eigenvalue weighted by Crippen LogP contribution is 2.38. The predicted molar refractivity (Wildman–Crippen MR) is 95.4 cm³/mol. The molecule has 0 spiro atoms. The van der Waals surface area contributed by atoms with Gasteiger partial charge in [-0.2, -0.15) is 0 Å². The predicted octanol–water partition coefficient (Wildman–Crippen LogP) is 2.21. The third-order valence-corrected chi connectivity index (χ3v) is 5.35. The van der Waals surface area contributed by atoms with Crippen molar-refractivity contribution in [3.63, 3.8) is 0 Å². The SMILES string of the molecule is CC(=O)OC1=C(NS(=O)(=O)c2ccccc2)OC(C)(c2ccccc2)C1=O. The standard InChI is InChI=1S/C19H17NO6S/c1-13(21)25-16-17(22)19(2,14-9-5-3-6-10-14)26-18(16)20-27(23,24)15-11-7-4-8-12-15/h3-12,20H,1-2H3. The van der Waals surface area contributed by atoms with Crippen molar-refractivity contribution in [2.24, 2.45) is 0 Å². The van der Waals surface area contributed by atoms with Crippen LogP contribution in [0.4, 0.5) is 0 Å². The number of Topliss-reactive ketones (excluding diaryl/α,β-unsaturated/α-hetero) is 1. The Morgan fingerprint density at radius 1 is 1.04 bits per heavy atom. The van der Waals surface area contributed by atoms with E-state index in [1.54, 1.807) is 48.5 Å². The second-order valence-electron chi connectivity index (χ2n) is 6.00. The molecule has 1 unspecified atom stereocenters. The monoisotopic (exact) mass is 387 g/mol. The Morgan fingerprint density at radius 3 is 2.15 bits per heavy atom. The van der Waals surface area contributed by atoms with Crippen molar-refractivity contribution in [1.82, 2.24) is 4.72 Å². The number of hydrogen-bond donors (Lipinski definition) is 1.